The number of hydrogen-bond donors (Lipinski definition) is 1. The van der Waals surface area contributed by atoms with Crippen molar-refractivity contribution >= 4 is 36.7 Å². The molecule has 264 valence electrons. The Morgan fingerprint density at radius 2 is 1.71 bits per heavy atom. The van der Waals surface area contributed by atoms with Crippen LogP contribution in [0.1, 0.15) is 33.6 Å². The van der Waals surface area contributed by atoms with Crippen LogP contribution in [0, 0.1) is 5.92 Å². The third kappa shape index (κ3) is 9.20. The number of alkyl halides is 3. The van der Waals surface area contributed by atoms with Crippen molar-refractivity contribution in [1.29, 1.82) is 0 Å². The van der Waals surface area contributed by atoms with E-state index >= 15 is 0 Å². The summed E-state index contributed by atoms with van der Waals surface area (Å²) in [5.74, 6) is 0.144. The van der Waals surface area contributed by atoms with Crippen molar-refractivity contribution in [3.8, 4) is 11.3 Å². The summed E-state index contributed by atoms with van der Waals surface area (Å²) in [4.78, 5) is 25.4. The van der Waals surface area contributed by atoms with Gasteiger partial charge in [0.1, 0.15) is 36.2 Å². The average Bonchev–Trinajstić information content (AvgIpc) is 3.39. The molecule has 10 nitrogen and oxygen atoms in total. The zero-order valence-corrected chi connectivity index (χ0v) is 29.9. The quantitative estimate of drug-likeness (QED) is 0.176. The van der Waals surface area contributed by atoms with Crippen LogP contribution in [0.15, 0.2) is 36.7 Å². The first-order valence-electron chi connectivity index (χ1n) is 16.8. The Morgan fingerprint density at radius 1 is 1.04 bits per heavy atom. The SMILES string of the molecule is CC(C)(C)OC(=O)N1CCC(C(Nc2ccc(-c3cc4c(N5CCOCC5)ncnc4n3COCC[Si](C)(C)C)cc2)C(F)(F)F)CC1. The van der Waals surface area contributed by atoms with Gasteiger partial charge in [0, 0.05) is 46.5 Å². The van der Waals surface area contributed by atoms with E-state index in [9.17, 15) is 18.0 Å². The Balaban J connectivity index is 1.36. The highest BCUT2D eigenvalue weighted by atomic mass is 28.3. The van der Waals surface area contributed by atoms with E-state index in [1.807, 2.05) is 22.8 Å². The van der Waals surface area contributed by atoms with E-state index in [1.165, 1.54) is 4.90 Å². The first kappa shape index (κ1) is 35.9. The number of hydrogen-bond acceptors (Lipinski definition) is 8. The molecule has 1 atom stereocenters. The fourth-order valence-electron chi connectivity index (χ4n) is 6.11. The third-order valence-corrected chi connectivity index (χ3v) is 10.4. The molecular formula is C34H49F3N6O4Si. The summed E-state index contributed by atoms with van der Waals surface area (Å²) >= 11 is 0. The number of amides is 1. The van der Waals surface area contributed by atoms with Crippen molar-refractivity contribution < 1.29 is 32.2 Å². The number of nitrogens with zero attached hydrogens (tertiary/aromatic N) is 5. The van der Waals surface area contributed by atoms with Crippen LogP contribution >= 0.6 is 0 Å². The summed E-state index contributed by atoms with van der Waals surface area (Å²) in [5, 5.41) is 3.66. The fraction of sp³-hybridized carbons (Fsp3) is 0.618. The maximum Gasteiger partial charge on any atom is 0.410 e. The number of carbonyl (C=O) groups excluding carboxylic acids is 1. The minimum absolute atomic E-state index is 0.215. The van der Waals surface area contributed by atoms with Crippen LogP contribution in [-0.2, 0) is 20.9 Å². The van der Waals surface area contributed by atoms with E-state index in [2.05, 4.69) is 39.8 Å². The highest BCUT2D eigenvalue weighted by molar-refractivity contribution is 6.76. The lowest BCUT2D eigenvalue weighted by atomic mass is 9.88. The molecule has 0 radical (unpaired) electrons. The van der Waals surface area contributed by atoms with Crippen LogP contribution in [0.25, 0.3) is 22.3 Å². The number of carbonyl (C=O) groups is 1. The topological polar surface area (TPSA) is 94.0 Å². The Hall–Kier alpha value is -3.36. The van der Waals surface area contributed by atoms with E-state index < -0.39 is 37.9 Å². The number of nitrogens with one attached hydrogen (secondary N) is 1. The van der Waals surface area contributed by atoms with Gasteiger partial charge < -0.3 is 33.9 Å². The molecule has 48 heavy (non-hydrogen) atoms. The van der Waals surface area contributed by atoms with Crippen molar-refractivity contribution in [3.05, 3.63) is 36.7 Å². The zero-order chi connectivity index (χ0) is 34.7. The summed E-state index contributed by atoms with van der Waals surface area (Å²) in [5.41, 5.74) is 2.13. The van der Waals surface area contributed by atoms with Gasteiger partial charge in [-0.2, -0.15) is 13.2 Å². The molecule has 1 aromatic carbocycles. The van der Waals surface area contributed by atoms with Gasteiger partial charge in [-0.15, -0.1) is 0 Å². The van der Waals surface area contributed by atoms with Crippen LogP contribution in [0.3, 0.4) is 0 Å². The summed E-state index contributed by atoms with van der Waals surface area (Å²) in [6, 6.07) is 8.35. The second kappa shape index (κ2) is 14.6. The number of fused-ring (bicyclic) bond motifs is 1. The standard InChI is InChI=1S/C34H49F3N6O4Si/c1-33(2,3)47-32(44)42-13-11-25(12-14-42)29(34(35,36)37)40-26-9-7-24(8-10-26)28-21-27-30(41-15-17-45-18-16-41)38-22-39-31(27)43(28)23-46-19-20-48(4,5)6/h7-10,21-22,25,29,40H,11-20,23H2,1-6H3. The van der Waals surface area contributed by atoms with Gasteiger partial charge in [0.15, 0.2) is 0 Å². The van der Waals surface area contributed by atoms with Gasteiger partial charge >= 0.3 is 12.3 Å². The van der Waals surface area contributed by atoms with Crippen LogP contribution in [0.2, 0.25) is 25.7 Å². The molecule has 14 heteroatoms. The predicted octanol–water partition coefficient (Wildman–Crippen LogP) is 7.24. The van der Waals surface area contributed by atoms with Crippen molar-refractivity contribution in [1.82, 2.24) is 19.4 Å². The Morgan fingerprint density at radius 3 is 2.31 bits per heavy atom. The van der Waals surface area contributed by atoms with Crippen molar-refractivity contribution in [2.24, 2.45) is 5.92 Å². The lowest BCUT2D eigenvalue weighted by Crippen LogP contribution is -2.49. The molecule has 1 N–H and O–H groups in total. The molecule has 3 aromatic rings. The predicted molar refractivity (Wildman–Crippen MR) is 184 cm³/mol. The molecule has 0 aliphatic carbocycles. The summed E-state index contributed by atoms with van der Waals surface area (Å²) in [6.45, 7) is 16.3. The number of likely N-dealkylation sites (tertiary alicyclic amines) is 1. The van der Waals surface area contributed by atoms with Crippen LogP contribution in [-0.4, -0.2) is 97.4 Å². The summed E-state index contributed by atoms with van der Waals surface area (Å²) in [6.07, 6.45) is -2.95. The zero-order valence-electron chi connectivity index (χ0n) is 28.9. The first-order valence-corrected chi connectivity index (χ1v) is 20.5. The number of ether oxygens (including phenoxy) is 3. The molecule has 1 amide bonds. The molecule has 2 aromatic heterocycles. The smallest absolute Gasteiger partial charge is 0.410 e. The number of piperidine rings is 1. The largest absolute Gasteiger partial charge is 0.444 e. The molecule has 5 rings (SSSR count). The van der Waals surface area contributed by atoms with Crippen molar-refractivity contribution in [2.75, 3.05) is 56.2 Å². The third-order valence-electron chi connectivity index (χ3n) is 8.71. The lowest BCUT2D eigenvalue weighted by Gasteiger charge is -2.37. The maximum absolute atomic E-state index is 14.4. The molecule has 4 heterocycles. The molecule has 0 spiro atoms. The number of halogens is 3. The Labute approximate surface area is 281 Å². The van der Waals surface area contributed by atoms with E-state index in [0.29, 0.717) is 32.2 Å². The van der Waals surface area contributed by atoms with Crippen molar-refractivity contribution in [2.45, 2.75) is 83.8 Å². The van der Waals surface area contributed by atoms with E-state index in [-0.39, 0.29) is 25.9 Å². The van der Waals surface area contributed by atoms with E-state index in [1.54, 1.807) is 39.2 Å². The number of rotatable bonds is 10. The lowest BCUT2D eigenvalue weighted by molar-refractivity contribution is -0.156. The van der Waals surface area contributed by atoms with Crippen molar-refractivity contribution in [3.63, 3.8) is 0 Å². The van der Waals surface area contributed by atoms with E-state index in [0.717, 1.165) is 47.2 Å². The summed E-state index contributed by atoms with van der Waals surface area (Å²) in [7, 11) is -1.29. The average molecular weight is 691 g/mol. The molecule has 0 saturated carbocycles. The van der Waals surface area contributed by atoms with Gasteiger partial charge in [0.25, 0.3) is 0 Å². The van der Waals surface area contributed by atoms with Gasteiger partial charge in [-0.05, 0) is 69.3 Å². The molecule has 2 saturated heterocycles. The second-order valence-corrected chi connectivity index (χ2v) is 20.5. The van der Waals surface area contributed by atoms with Gasteiger partial charge in [-0.25, -0.2) is 14.8 Å². The second-order valence-electron chi connectivity index (χ2n) is 14.9. The van der Waals surface area contributed by atoms with Gasteiger partial charge in [-0.1, -0.05) is 31.8 Å². The maximum atomic E-state index is 14.4. The van der Waals surface area contributed by atoms with E-state index in [4.69, 9.17) is 14.2 Å². The Kier molecular flexibility index (Phi) is 11.0. The number of benzene rings is 1. The van der Waals surface area contributed by atoms with Gasteiger partial charge in [-0.3, -0.25) is 0 Å². The molecule has 0 bridgehead atoms. The molecule has 1 unspecified atom stereocenters. The number of anilines is 2. The number of aromatic nitrogens is 3. The molecule has 2 aliphatic rings. The normalized spacial score (nSPS) is 17.5. The number of morpholine rings is 1. The van der Waals surface area contributed by atoms with Crippen LogP contribution in [0.4, 0.5) is 29.5 Å². The minimum Gasteiger partial charge on any atom is -0.444 e. The molecule has 2 aliphatic heterocycles. The fourth-order valence-corrected chi connectivity index (χ4v) is 6.86. The molecular weight excluding hydrogens is 641 g/mol. The van der Waals surface area contributed by atoms with Crippen LogP contribution in [0.5, 0.6) is 0 Å². The first-order chi connectivity index (χ1) is 22.6. The Bertz CT molecular complexity index is 1520. The summed E-state index contributed by atoms with van der Waals surface area (Å²) < 4.78 is 62.3. The van der Waals surface area contributed by atoms with Crippen LogP contribution < -0.4 is 10.2 Å². The van der Waals surface area contributed by atoms with Gasteiger partial charge in [0.2, 0.25) is 0 Å². The highest BCUT2D eigenvalue weighted by Crippen LogP contribution is 2.36. The van der Waals surface area contributed by atoms with Gasteiger partial charge in [0.05, 0.1) is 24.3 Å². The molecule has 2 fully saturated rings. The minimum atomic E-state index is -4.47. The highest BCUT2D eigenvalue weighted by Gasteiger charge is 2.46. The monoisotopic (exact) mass is 690 g/mol.